The van der Waals surface area contributed by atoms with Gasteiger partial charge in [0.2, 0.25) is 0 Å². The summed E-state index contributed by atoms with van der Waals surface area (Å²) in [5, 5.41) is 10.3. The molecule has 143 valence electrons. The molecule has 2 aromatic carbocycles. The van der Waals surface area contributed by atoms with E-state index in [2.05, 4.69) is 25.5 Å². The van der Waals surface area contributed by atoms with E-state index in [-0.39, 0.29) is 50.1 Å². The van der Waals surface area contributed by atoms with Crippen LogP contribution >= 0.6 is 0 Å². The molecule has 8 heteroatoms. The van der Waals surface area contributed by atoms with Gasteiger partial charge in [0.1, 0.15) is 11.6 Å². The molecule has 2 aromatic heterocycles. The molecule has 29 heavy (non-hydrogen) atoms. The van der Waals surface area contributed by atoms with Crippen LogP contribution < -0.4 is 10.1 Å². The van der Waals surface area contributed by atoms with Crippen molar-refractivity contribution in [1.82, 2.24) is 20.2 Å². The summed E-state index contributed by atoms with van der Waals surface area (Å²) in [6, 6.07) is 18.8. The molecule has 0 saturated heterocycles. The van der Waals surface area contributed by atoms with Crippen LogP contribution in [0.5, 0.6) is 11.8 Å². The van der Waals surface area contributed by atoms with Crippen LogP contribution in [0.4, 0.5) is 17.3 Å². The SMILES string of the molecule is Cc1ccc(-c2cc(Nc3cc(C)[nH]n3)nc(Oc3ccc([NH-])cc3)n2)cc1.[Ac]. The van der Waals surface area contributed by atoms with Crippen LogP contribution in [0.25, 0.3) is 17.0 Å². The number of nitrogens with zero attached hydrogens (tertiary/aromatic N) is 3. The average Bonchev–Trinajstić information content (AvgIpc) is 3.09. The van der Waals surface area contributed by atoms with Gasteiger partial charge in [-0.2, -0.15) is 15.1 Å². The van der Waals surface area contributed by atoms with Crippen molar-refractivity contribution in [2.45, 2.75) is 13.8 Å². The Balaban J connectivity index is 0.00000240. The van der Waals surface area contributed by atoms with E-state index < -0.39 is 0 Å². The number of H-pyrrole nitrogens is 1. The monoisotopic (exact) mass is 598 g/mol. The second kappa shape index (κ2) is 9.38. The summed E-state index contributed by atoms with van der Waals surface area (Å²) in [5.41, 5.74) is 11.8. The zero-order valence-electron chi connectivity index (χ0n) is 16.1. The topological polar surface area (TPSA) is 99.5 Å². The van der Waals surface area contributed by atoms with Gasteiger partial charge in [-0.3, -0.25) is 5.10 Å². The largest absolute Gasteiger partial charge is 0.699 e. The van der Waals surface area contributed by atoms with E-state index in [1.807, 2.05) is 50.2 Å². The number of nitrogens with one attached hydrogen (secondary N) is 3. The Morgan fingerprint density at radius 2 is 1.62 bits per heavy atom. The molecule has 2 heterocycles. The molecule has 0 fully saturated rings. The molecular formula is C21H19AcN6O-. The zero-order valence-corrected chi connectivity index (χ0v) is 20.8. The Bertz CT molecular complexity index is 1090. The Morgan fingerprint density at radius 3 is 2.28 bits per heavy atom. The normalized spacial score (nSPS) is 10.3. The smallest absolute Gasteiger partial charge is 0.324 e. The summed E-state index contributed by atoms with van der Waals surface area (Å²) in [6.07, 6.45) is 0. The van der Waals surface area contributed by atoms with E-state index in [1.54, 1.807) is 24.3 Å². The fourth-order valence-corrected chi connectivity index (χ4v) is 2.65. The van der Waals surface area contributed by atoms with Crippen molar-refractivity contribution in [1.29, 1.82) is 0 Å². The molecule has 3 N–H and O–H groups in total. The van der Waals surface area contributed by atoms with Gasteiger partial charge in [-0.25, -0.2) is 0 Å². The van der Waals surface area contributed by atoms with E-state index in [9.17, 15) is 0 Å². The molecule has 0 saturated carbocycles. The first-order valence-electron chi connectivity index (χ1n) is 8.80. The third kappa shape index (κ3) is 5.56. The van der Waals surface area contributed by atoms with Crippen LogP contribution in [0, 0.1) is 57.9 Å². The number of aromatic nitrogens is 4. The van der Waals surface area contributed by atoms with Gasteiger partial charge in [0.15, 0.2) is 5.82 Å². The number of aryl methyl sites for hydroxylation is 2. The average molecular weight is 598 g/mol. The van der Waals surface area contributed by atoms with Crippen molar-refractivity contribution in [3.63, 3.8) is 0 Å². The summed E-state index contributed by atoms with van der Waals surface area (Å²) in [5.74, 6) is 1.80. The maximum absolute atomic E-state index is 7.59. The summed E-state index contributed by atoms with van der Waals surface area (Å²) >= 11 is 0. The fourth-order valence-electron chi connectivity index (χ4n) is 2.65. The van der Waals surface area contributed by atoms with Crippen molar-refractivity contribution >= 4 is 17.3 Å². The number of benzene rings is 2. The predicted octanol–water partition coefficient (Wildman–Crippen LogP) is 5.70. The minimum absolute atomic E-state index is 0. The van der Waals surface area contributed by atoms with Crippen molar-refractivity contribution in [2.24, 2.45) is 0 Å². The van der Waals surface area contributed by atoms with E-state index in [1.165, 1.54) is 5.56 Å². The minimum atomic E-state index is 0. The first kappa shape index (κ1) is 21.3. The number of hydrogen-bond donors (Lipinski definition) is 2. The molecule has 0 spiro atoms. The molecule has 7 nitrogen and oxygen atoms in total. The van der Waals surface area contributed by atoms with Crippen molar-refractivity contribution in [3.8, 4) is 23.0 Å². The fraction of sp³-hybridized carbons (Fsp3) is 0.0952. The first-order valence-corrected chi connectivity index (χ1v) is 8.80. The minimum Gasteiger partial charge on any atom is -0.699 e. The second-order valence-electron chi connectivity index (χ2n) is 6.47. The Kier molecular flexibility index (Phi) is 6.88. The maximum Gasteiger partial charge on any atom is 0.324 e. The maximum atomic E-state index is 7.59. The molecule has 0 aliphatic rings. The number of anilines is 2. The molecule has 0 bridgehead atoms. The summed E-state index contributed by atoms with van der Waals surface area (Å²) in [6.45, 7) is 3.97. The summed E-state index contributed by atoms with van der Waals surface area (Å²) < 4.78 is 5.83. The van der Waals surface area contributed by atoms with Crippen LogP contribution in [0.1, 0.15) is 11.3 Å². The Labute approximate surface area is 204 Å². The van der Waals surface area contributed by atoms with Crippen LogP contribution in [-0.4, -0.2) is 20.2 Å². The summed E-state index contributed by atoms with van der Waals surface area (Å²) in [4.78, 5) is 9.00. The third-order valence-electron chi connectivity index (χ3n) is 4.08. The van der Waals surface area contributed by atoms with Crippen molar-refractivity contribution in [3.05, 3.63) is 77.7 Å². The predicted molar refractivity (Wildman–Crippen MR) is 109 cm³/mol. The molecule has 4 rings (SSSR count). The Hall–Kier alpha value is -2.43. The molecule has 4 aromatic rings. The van der Waals surface area contributed by atoms with E-state index in [0.29, 0.717) is 23.1 Å². The summed E-state index contributed by atoms with van der Waals surface area (Å²) in [7, 11) is 0. The van der Waals surface area contributed by atoms with Crippen LogP contribution in [0.15, 0.2) is 60.7 Å². The van der Waals surface area contributed by atoms with Crippen LogP contribution in [0.3, 0.4) is 0 Å². The first-order chi connectivity index (χ1) is 13.5. The third-order valence-corrected chi connectivity index (χ3v) is 4.08. The van der Waals surface area contributed by atoms with Gasteiger partial charge in [0, 0.05) is 67.5 Å². The van der Waals surface area contributed by atoms with Gasteiger partial charge in [-0.15, -0.1) is 5.69 Å². The molecule has 0 aliphatic heterocycles. The van der Waals surface area contributed by atoms with Gasteiger partial charge in [-0.1, -0.05) is 42.0 Å². The number of ether oxygens (including phenoxy) is 1. The van der Waals surface area contributed by atoms with E-state index in [4.69, 9.17) is 10.5 Å². The van der Waals surface area contributed by atoms with Gasteiger partial charge in [0.25, 0.3) is 0 Å². The quantitative estimate of drug-likeness (QED) is 0.307. The molecular weight excluding hydrogens is 579 g/mol. The van der Waals surface area contributed by atoms with Crippen molar-refractivity contribution in [2.75, 3.05) is 5.32 Å². The van der Waals surface area contributed by atoms with Crippen LogP contribution in [0.2, 0.25) is 0 Å². The molecule has 1 radical (unpaired) electrons. The van der Waals surface area contributed by atoms with E-state index >= 15 is 0 Å². The number of hydrogen-bond acceptors (Lipinski definition) is 5. The molecule has 0 amide bonds. The molecule has 0 unspecified atom stereocenters. The van der Waals surface area contributed by atoms with Gasteiger partial charge >= 0.3 is 6.01 Å². The Morgan fingerprint density at radius 1 is 0.897 bits per heavy atom. The van der Waals surface area contributed by atoms with Crippen LogP contribution in [-0.2, 0) is 0 Å². The van der Waals surface area contributed by atoms with Gasteiger partial charge in [-0.05, 0) is 26.0 Å². The number of rotatable bonds is 5. The standard InChI is InChI=1S/C21H19N6O.Ac/c1-13-3-5-15(6-4-13)18-12-19(24-20-11-14(2)26-27-20)25-21(23-18)28-17-9-7-16(22)8-10-17;/h3-12,22H,1-2H3,(H2,23,24,25,26,27);/q-1;. The molecule has 0 aliphatic carbocycles. The second-order valence-corrected chi connectivity index (χ2v) is 6.47. The zero-order chi connectivity index (χ0) is 19.5. The van der Waals surface area contributed by atoms with E-state index in [0.717, 1.165) is 17.0 Å². The molecule has 0 atom stereocenters. The van der Waals surface area contributed by atoms with Gasteiger partial charge < -0.3 is 15.8 Å². The van der Waals surface area contributed by atoms with Crippen molar-refractivity contribution < 1.29 is 48.8 Å². The number of aromatic amines is 1. The van der Waals surface area contributed by atoms with Gasteiger partial charge in [0.05, 0.1) is 5.69 Å².